The molecule has 0 saturated carbocycles. The van der Waals surface area contributed by atoms with Crippen LogP contribution in [-0.4, -0.2) is 47.2 Å². The van der Waals surface area contributed by atoms with Crippen molar-refractivity contribution < 1.29 is 17.3 Å². The lowest BCUT2D eigenvalue weighted by Gasteiger charge is -2.33. The van der Waals surface area contributed by atoms with E-state index in [4.69, 9.17) is 4.52 Å². The van der Waals surface area contributed by atoms with E-state index in [0.717, 1.165) is 10.6 Å². The first-order valence-corrected chi connectivity index (χ1v) is 8.62. The zero-order valence-corrected chi connectivity index (χ0v) is 12.8. The fourth-order valence-corrected chi connectivity index (χ4v) is 3.35. The van der Waals surface area contributed by atoms with Crippen molar-refractivity contribution in [1.29, 1.82) is 0 Å². The molecule has 9 heteroatoms. The van der Waals surface area contributed by atoms with Gasteiger partial charge in [0.15, 0.2) is 0 Å². The summed E-state index contributed by atoms with van der Waals surface area (Å²) in [6, 6.07) is 3.37. The molecular formula is C13H15FN4O3S. The van der Waals surface area contributed by atoms with Gasteiger partial charge in [0, 0.05) is 24.5 Å². The van der Waals surface area contributed by atoms with E-state index in [2.05, 4.69) is 15.1 Å². The van der Waals surface area contributed by atoms with Gasteiger partial charge >= 0.3 is 0 Å². The minimum absolute atomic E-state index is 0.150. The molecule has 1 fully saturated rings. The number of hydrogen-bond donors (Lipinski definition) is 0. The van der Waals surface area contributed by atoms with Crippen molar-refractivity contribution in [3.8, 4) is 11.4 Å². The van der Waals surface area contributed by atoms with E-state index in [1.807, 2.05) is 0 Å². The molecule has 118 valence electrons. The average molecular weight is 326 g/mol. The summed E-state index contributed by atoms with van der Waals surface area (Å²) in [7, 11) is -3.46. The molecule has 22 heavy (non-hydrogen) atoms. The Kier molecular flexibility index (Phi) is 3.69. The summed E-state index contributed by atoms with van der Waals surface area (Å²) in [5, 5.41) is 3.77. The van der Waals surface area contributed by atoms with Gasteiger partial charge in [-0.25, -0.2) is 12.8 Å². The second-order valence-corrected chi connectivity index (χ2v) is 7.31. The highest BCUT2D eigenvalue weighted by Crippen LogP contribution is 2.36. The first-order chi connectivity index (χ1) is 10.4. The Morgan fingerprint density at radius 2 is 2.09 bits per heavy atom. The van der Waals surface area contributed by atoms with Crippen LogP contribution in [-0.2, 0) is 15.7 Å². The first kappa shape index (κ1) is 15.0. The lowest BCUT2D eigenvalue weighted by Crippen LogP contribution is -2.46. The summed E-state index contributed by atoms with van der Waals surface area (Å²) >= 11 is 0. The van der Waals surface area contributed by atoms with Gasteiger partial charge in [-0.3, -0.25) is 4.98 Å². The van der Waals surface area contributed by atoms with E-state index in [-0.39, 0.29) is 24.7 Å². The van der Waals surface area contributed by atoms with E-state index in [1.54, 1.807) is 24.5 Å². The molecule has 0 radical (unpaired) electrons. The molecule has 2 aromatic heterocycles. The predicted octanol–water partition coefficient (Wildman–Crippen LogP) is 1.35. The largest absolute Gasteiger partial charge is 0.335 e. The Labute approximate surface area is 127 Å². The molecule has 1 aliphatic rings. The van der Waals surface area contributed by atoms with Gasteiger partial charge in [0.1, 0.15) is 0 Å². The Bertz CT molecular complexity index is 765. The van der Waals surface area contributed by atoms with Crippen LogP contribution in [0, 0.1) is 0 Å². The van der Waals surface area contributed by atoms with Crippen LogP contribution >= 0.6 is 0 Å². The van der Waals surface area contributed by atoms with Gasteiger partial charge in [0.25, 0.3) is 5.89 Å². The molecule has 0 aromatic carbocycles. The van der Waals surface area contributed by atoms with Crippen LogP contribution in [0.2, 0.25) is 0 Å². The molecule has 0 N–H and O–H groups in total. The van der Waals surface area contributed by atoms with Crippen molar-refractivity contribution in [3.05, 3.63) is 30.4 Å². The molecular weight excluding hydrogens is 311 g/mol. The summed E-state index contributed by atoms with van der Waals surface area (Å²) in [5.41, 5.74) is -1.30. The van der Waals surface area contributed by atoms with Crippen LogP contribution in [0.4, 0.5) is 4.39 Å². The summed E-state index contributed by atoms with van der Waals surface area (Å²) in [6.07, 6.45) is 4.76. The third kappa shape index (κ3) is 2.86. The number of halogens is 1. The van der Waals surface area contributed by atoms with E-state index in [9.17, 15) is 8.42 Å². The highest BCUT2D eigenvalue weighted by Gasteiger charge is 2.44. The molecule has 7 nitrogen and oxygen atoms in total. The van der Waals surface area contributed by atoms with E-state index < -0.39 is 15.7 Å². The van der Waals surface area contributed by atoms with Crippen LogP contribution in [0.25, 0.3) is 11.4 Å². The van der Waals surface area contributed by atoms with Gasteiger partial charge in [-0.1, -0.05) is 5.16 Å². The Morgan fingerprint density at radius 1 is 1.36 bits per heavy atom. The number of sulfonamides is 1. The SMILES string of the molecule is CS(=O)(=O)N1CCCC(F)(c2nc(-c3ccncc3)no2)C1. The van der Waals surface area contributed by atoms with Crippen LogP contribution in [0.5, 0.6) is 0 Å². The zero-order valence-electron chi connectivity index (χ0n) is 11.9. The lowest BCUT2D eigenvalue weighted by molar-refractivity contribution is 0.0472. The molecule has 1 unspecified atom stereocenters. The number of pyridine rings is 1. The monoisotopic (exact) mass is 326 g/mol. The minimum atomic E-state index is -3.46. The molecule has 0 aliphatic carbocycles. The predicted molar refractivity (Wildman–Crippen MR) is 76.0 cm³/mol. The van der Waals surface area contributed by atoms with Crippen LogP contribution in [0.15, 0.2) is 29.0 Å². The van der Waals surface area contributed by atoms with Crippen LogP contribution < -0.4 is 0 Å². The Hall–Kier alpha value is -1.87. The lowest BCUT2D eigenvalue weighted by atomic mass is 9.96. The van der Waals surface area contributed by atoms with Crippen LogP contribution in [0.3, 0.4) is 0 Å². The van der Waals surface area contributed by atoms with Gasteiger partial charge < -0.3 is 4.52 Å². The molecule has 1 aliphatic heterocycles. The third-order valence-corrected chi connectivity index (χ3v) is 4.87. The van der Waals surface area contributed by atoms with Gasteiger partial charge in [-0.2, -0.15) is 9.29 Å². The maximum Gasteiger partial charge on any atom is 0.266 e. The molecule has 0 bridgehead atoms. The summed E-state index contributed by atoms with van der Waals surface area (Å²) < 4.78 is 44.5. The number of nitrogens with zero attached hydrogens (tertiary/aromatic N) is 4. The highest BCUT2D eigenvalue weighted by atomic mass is 32.2. The van der Waals surface area contributed by atoms with Crippen molar-refractivity contribution in [3.63, 3.8) is 0 Å². The normalized spacial score (nSPS) is 23.5. The maximum absolute atomic E-state index is 15.1. The number of alkyl halides is 1. The second-order valence-electron chi connectivity index (χ2n) is 5.32. The maximum atomic E-state index is 15.1. The minimum Gasteiger partial charge on any atom is -0.335 e. The zero-order chi connectivity index (χ0) is 15.8. The number of hydrogen-bond acceptors (Lipinski definition) is 6. The highest BCUT2D eigenvalue weighted by molar-refractivity contribution is 7.88. The van der Waals surface area contributed by atoms with Crippen molar-refractivity contribution in [2.45, 2.75) is 18.5 Å². The molecule has 1 atom stereocenters. The van der Waals surface area contributed by atoms with Crippen molar-refractivity contribution >= 4 is 10.0 Å². The van der Waals surface area contributed by atoms with Gasteiger partial charge in [-0.15, -0.1) is 0 Å². The number of aromatic nitrogens is 3. The summed E-state index contributed by atoms with van der Waals surface area (Å²) in [6.45, 7) is -0.000333. The van der Waals surface area contributed by atoms with Crippen molar-refractivity contribution in [1.82, 2.24) is 19.4 Å². The topological polar surface area (TPSA) is 89.2 Å². The first-order valence-electron chi connectivity index (χ1n) is 6.77. The van der Waals surface area contributed by atoms with E-state index in [1.165, 1.54) is 0 Å². The standard InChI is InChI=1S/C13H15FN4O3S/c1-22(19,20)18-8-2-5-13(14,9-18)12-16-11(17-21-12)10-3-6-15-7-4-10/h3-4,6-7H,2,5,8-9H2,1H3. The Morgan fingerprint density at radius 3 is 2.77 bits per heavy atom. The Balaban J connectivity index is 1.89. The average Bonchev–Trinajstić information content (AvgIpc) is 2.98. The van der Waals surface area contributed by atoms with E-state index >= 15 is 4.39 Å². The summed E-state index contributed by atoms with van der Waals surface area (Å²) in [4.78, 5) is 7.97. The number of piperidine rings is 1. The smallest absolute Gasteiger partial charge is 0.266 e. The van der Waals surface area contributed by atoms with Gasteiger partial charge in [0.2, 0.25) is 21.5 Å². The molecule has 0 spiro atoms. The van der Waals surface area contributed by atoms with Crippen molar-refractivity contribution in [2.75, 3.05) is 19.3 Å². The quantitative estimate of drug-likeness (QED) is 0.846. The third-order valence-electron chi connectivity index (χ3n) is 3.62. The van der Waals surface area contributed by atoms with Gasteiger partial charge in [0.05, 0.1) is 12.8 Å². The second kappa shape index (κ2) is 5.40. The molecule has 3 rings (SSSR count). The fourth-order valence-electron chi connectivity index (χ4n) is 2.45. The van der Waals surface area contributed by atoms with Crippen molar-refractivity contribution in [2.24, 2.45) is 0 Å². The van der Waals surface area contributed by atoms with E-state index in [0.29, 0.717) is 18.5 Å². The fraction of sp³-hybridized carbons (Fsp3) is 0.462. The summed E-state index contributed by atoms with van der Waals surface area (Å²) in [5.74, 6) is 0.0681. The number of rotatable bonds is 3. The molecule has 1 saturated heterocycles. The molecule has 2 aromatic rings. The van der Waals surface area contributed by atoms with Crippen LogP contribution in [0.1, 0.15) is 18.7 Å². The molecule has 3 heterocycles. The molecule has 0 amide bonds. The van der Waals surface area contributed by atoms with Gasteiger partial charge in [-0.05, 0) is 25.0 Å².